The number of carbonyl (C=O) groups excluding carboxylic acids is 1. The Hall–Kier alpha value is -1.61. The molecule has 0 amide bonds. The number of carbonyl (C=O) groups is 1. The van der Waals surface area contributed by atoms with E-state index in [2.05, 4.69) is 0 Å². The topological polar surface area (TPSA) is 46.5 Å². The highest BCUT2D eigenvalue weighted by Crippen LogP contribution is 2.24. The molecule has 1 unspecified atom stereocenters. The quantitative estimate of drug-likeness (QED) is 0.660. The molecule has 1 aromatic carbocycles. The van der Waals surface area contributed by atoms with Crippen molar-refractivity contribution in [2.24, 2.45) is 0 Å². The van der Waals surface area contributed by atoms with E-state index in [4.69, 9.17) is 4.74 Å². The van der Waals surface area contributed by atoms with Crippen molar-refractivity contribution in [3.05, 3.63) is 47.5 Å². The van der Waals surface area contributed by atoms with Gasteiger partial charge in [0.05, 0.1) is 5.57 Å². The number of benzene rings is 1. The van der Waals surface area contributed by atoms with Crippen molar-refractivity contribution >= 4 is 5.97 Å². The predicted octanol–water partition coefficient (Wildman–Crippen LogP) is 3.01. The van der Waals surface area contributed by atoms with Crippen LogP contribution in [0.3, 0.4) is 0 Å². The van der Waals surface area contributed by atoms with Gasteiger partial charge in [-0.05, 0) is 33.3 Å². The molecule has 0 aliphatic heterocycles. The van der Waals surface area contributed by atoms with Gasteiger partial charge in [0.15, 0.2) is 0 Å². The van der Waals surface area contributed by atoms with Gasteiger partial charge in [-0.2, -0.15) is 0 Å². The summed E-state index contributed by atoms with van der Waals surface area (Å²) in [5, 5.41) is 10.2. The Morgan fingerprint density at radius 1 is 1.28 bits per heavy atom. The van der Waals surface area contributed by atoms with Gasteiger partial charge in [-0.1, -0.05) is 36.4 Å². The van der Waals surface area contributed by atoms with Crippen molar-refractivity contribution in [1.82, 2.24) is 0 Å². The van der Waals surface area contributed by atoms with Crippen molar-refractivity contribution in [3.8, 4) is 0 Å². The molecule has 0 aliphatic rings. The van der Waals surface area contributed by atoms with Crippen molar-refractivity contribution in [2.75, 3.05) is 0 Å². The average Bonchev–Trinajstić information content (AvgIpc) is 2.28. The molecule has 98 valence electrons. The van der Waals surface area contributed by atoms with E-state index in [1.54, 1.807) is 45.9 Å². The lowest BCUT2D eigenvalue weighted by Gasteiger charge is -2.22. The van der Waals surface area contributed by atoms with Gasteiger partial charge >= 0.3 is 5.97 Å². The average molecular weight is 248 g/mol. The third-order valence-corrected chi connectivity index (χ3v) is 2.36. The van der Waals surface area contributed by atoms with Gasteiger partial charge in [-0.3, -0.25) is 0 Å². The lowest BCUT2D eigenvalue weighted by Crippen LogP contribution is -2.26. The van der Waals surface area contributed by atoms with Crippen molar-refractivity contribution in [2.45, 2.75) is 39.4 Å². The Labute approximate surface area is 108 Å². The van der Waals surface area contributed by atoms with Gasteiger partial charge in [0, 0.05) is 0 Å². The van der Waals surface area contributed by atoms with E-state index in [1.807, 2.05) is 18.2 Å². The minimum atomic E-state index is -0.953. The molecule has 0 fully saturated rings. The lowest BCUT2D eigenvalue weighted by atomic mass is 10.0. The van der Waals surface area contributed by atoms with Crippen LogP contribution in [0, 0.1) is 0 Å². The molecule has 0 aromatic heterocycles. The molecule has 3 nitrogen and oxygen atoms in total. The van der Waals surface area contributed by atoms with Crippen molar-refractivity contribution in [3.63, 3.8) is 0 Å². The Bertz CT molecular complexity index is 427. The maximum absolute atomic E-state index is 12.0. The van der Waals surface area contributed by atoms with Crippen LogP contribution in [-0.2, 0) is 9.53 Å². The number of aliphatic hydroxyl groups is 1. The molecule has 1 atom stereocenters. The number of hydrogen-bond donors (Lipinski definition) is 1. The first-order chi connectivity index (χ1) is 8.35. The molecule has 1 rings (SSSR count). The van der Waals surface area contributed by atoms with Crippen LogP contribution in [0.4, 0.5) is 0 Å². The monoisotopic (exact) mass is 248 g/mol. The third-order valence-electron chi connectivity index (χ3n) is 2.36. The van der Waals surface area contributed by atoms with Crippen molar-refractivity contribution < 1.29 is 14.6 Å². The van der Waals surface area contributed by atoms with E-state index < -0.39 is 17.7 Å². The Kier molecular flexibility index (Phi) is 4.68. The van der Waals surface area contributed by atoms with Gasteiger partial charge in [-0.15, -0.1) is 0 Å². The number of ether oxygens (including phenoxy) is 1. The summed E-state index contributed by atoms with van der Waals surface area (Å²) in [6.07, 6.45) is 0.636. The first-order valence-corrected chi connectivity index (χ1v) is 5.97. The summed E-state index contributed by atoms with van der Waals surface area (Å²) in [4.78, 5) is 12.0. The molecular weight excluding hydrogens is 228 g/mol. The zero-order valence-corrected chi connectivity index (χ0v) is 11.3. The normalized spacial score (nSPS) is 14.2. The van der Waals surface area contributed by atoms with E-state index in [-0.39, 0.29) is 5.57 Å². The Balaban J connectivity index is 2.89. The van der Waals surface area contributed by atoms with Gasteiger partial charge in [0.1, 0.15) is 11.7 Å². The highest BCUT2D eigenvalue weighted by molar-refractivity contribution is 5.90. The molecule has 0 saturated carbocycles. The van der Waals surface area contributed by atoms with Crippen LogP contribution in [-0.4, -0.2) is 16.7 Å². The SMILES string of the molecule is C/C=C(\C(=O)OC(C)(C)C)C(O)c1ccccc1. The highest BCUT2D eigenvalue weighted by Gasteiger charge is 2.25. The van der Waals surface area contributed by atoms with E-state index >= 15 is 0 Å². The van der Waals surface area contributed by atoms with Gasteiger partial charge in [0.25, 0.3) is 0 Å². The molecular formula is C15H20O3. The molecule has 1 N–H and O–H groups in total. The Morgan fingerprint density at radius 2 is 1.83 bits per heavy atom. The van der Waals surface area contributed by atoms with Crippen LogP contribution in [0.5, 0.6) is 0 Å². The molecule has 0 saturated heterocycles. The molecule has 3 heteroatoms. The molecule has 18 heavy (non-hydrogen) atoms. The molecule has 0 bridgehead atoms. The summed E-state index contributed by atoms with van der Waals surface area (Å²) >= 11 is 0. The summed E-state index contributed by atoms with van der Waals surface area (Å²) in [6.45, 7) is 7.11. The number of aliphatic hydroxyl groups excluding tert-OH is 1. The fourth-order valence-electron chi connectivity index (χ4n) is 1.54. The maximum Gasteiger partial charge on any atom is 0.337 e. The van der Waals surface area contributed by atoms with Gasteiger partial charge in [-0.25, -0.2) is 4.79 Å². The van der Waals surface area contributed by atoms with E-state index in [0.717, 1.165) is 0 Å². The number of esters is 1. The largest absolute Gasteiger partial charge is 0.457 e. The first kappa shape index (κ1) is 14.5. The summed E-state index contributed by atoms with van der Waals surface area (Å²) in [5.74, 6) is -0.485. The number of allylic oxidation sites excluding steroid dienone is 1. The van der Waals surface area contributed by atoms with Crippen LogP contribution in [0.1, 0.15) is 39.4 Å². The van der Waals surface area contributed by atoms with Crippen LogP contribution in [0.15, 0.2) is 42.0 Å². The second kappa shape index (κ2) is 5.83. The van der Waals surface area contributed by atoms with E-state index in [0.29, 0.717) is 5.56 Å². The minimum absolute atomic E-state index is 0.260. The zero-order valence-electron chi connectivity index (χ0n) is 11.3. The second-order valence-electron chi connectivity index (χ2n) is 5.06. The van der Waals surface area contributed by atoms with Crippen LogP contribution >= 0.6 is 0 Å². The fourth-order valence-corrected chi connectivity index (χ4v) is 1.54. The standard InChI is InChI=1S/C15H20O3/c1-5-12(14(17)18-15(2,3)4)13(16)11-9-7-6-8-10-11/h5-10,13,16H,1-4H3/b12-5-. The van der Waals surface area contributed by atoms with E-state index in [1.165, 1.54) is 0 Å². The first-order valence-electron chi connectivity index (χ1n) is 5.97. The fraction of sp³-hybridized carbons (Fsp3) is 0.400. The van der Waals surface area contributed by atoms with Gasteiger partial charge in [0.2, 0.25) is 0 Å². The predicted molar refractivity (Wildman–Crippen MR) is 71.0 cm³/mol. The van der Waals surface area contributed by atoms with E-state index in [9.17, 15) is 9.90 Å². The summed E-state index contributed by atoms with van der Waals surface area (Å²) in [6, 6.07) is 9.05. The number of hydrogen-bond acceptors (Lipinski definition) is 3. The van der Waals surface area contributed by atoms with Gasteiger partial charge < -0.3 is 9.84 Å². The maximum atomic E-state index is 12.0. The molecule has 0 aliphatic carbocycles. The van der Waals surface area contributed by atoms with Crippen LogP contribution < -0.4 is 0 Å². The zero-order chi connectivity index (χ0) is 13.8. The summed E-state index contributed by atoms with van der Waals surface area (Å²) in [7, 11) is 0. The smallest absolute Gasteiger partial charge is 0.337 e. The molecule has 0 spiro atoms. The third kappa shape index (κ3) is 4.00. The highest BCUT2D eigenvalue weighted by atomic mass is 16.6. The Morgan fingerprint density at radius 3 is 2.28 bits per heavy atom. The summed E-state index contributed by atoms with van der Waals surface area (Å²) < 4.78 is 5.27. The second-order valence-corrected chi connectivity index (χ2v) is 5.06. The lowest BCUT2D eigenvalue weighted by molar-refractivity contribution is -0.151. The molecule has 1 aromatic rings. The number of rotatable bonds is 3. The van der Waals surface area contributed by atoms with Crippen LogP contribution in [0.25, 0.3) is 0 Å². The summed E-state index contributed by atoms with van der Waals surface area (Å²) in [5.41, 5.74) is 0.370. The molecule has 0 radical (unpaired) electrons. The molecule has 0 heterocycles. The van der Waals surface area contributed by atoms with Crippen molar-refractivity contribution in [1.29, 1.82) is 0 Å². The van der Waals surface area contributed by atoms with Crippen LogP contribution in [0.2, 0.25) is 0 Å². The minimum Gasteiger partial charge on any atom is -0.457 e.